The quantitative estimate of drug-likeness (QED) is 0.883. The Balaban J connectivity index is 1.90. The maximum atomic E-state index is 13.6. The van der Waals surface area contributed by atoms with Crippen molar-refractivity contribution >= 4 is 23.2 Å². The Labute approximate surface area is 128 Å². The fourth-order valence-electron chi connectivity index (χ4n) is 1.94. The lowest BCUT2D eigenvalue weighted by molar-refractivity contribution is -0.115. The van der Waals surface area contributed by atoms with E-state index in [1.165, 1.54) is 6.07 Å². The minimum atomic E-state index is -0.288. The van der Waals surface area contributed by atoms with E-state index in [2.05, 4.69) is 10.6 Å². The highest BCUT2D eigenvalue weighted by Gasteiger charge is 2.12. The first-order valence-electron chi connectivity index (χ1n) is 6.60. The molecule has 3 nitrogen and oxygen atoms in total. The Hall–Kier alpha value is -1.91. The first-order valence-corrected chi connectivity index (χ1v) is 6.98. The number of carbonyl (C=O) groups excluding carboxylic acids is 1. The molecular formula is C16H16ClFN2O. The van der Waals surface area contributed by atoms with Gasteiger partial charge in [0, 0.05) is 11.6 Å². The lowest BCUT2D eigenvalue weighted by atomic mass is 10.1. The van der Waals surface area contributed by atoms with Crippen molar-refractivity contribution in [2.24, 2.45) is 0 Å². The molecule has 0 bridgehead atoms. The van der Waals surface area contributed by atoms with Crippen LogP contribution in [0, 0.1) is 5.82 Å². The number of nitrogens with one attached hydrogen (secondary N) is 2. The molecule has 0 saturated heterocycles. The Kier molecular flexibility index (Phi) is 5.31. The first-order chi connectivity index (χ1) is 10.1. The van der Waals surface area contributed by atoms with E-state index in [9.17, 15) is 9.18 Å². The summed E-state index contributed by atoms with van der Waals surface area (Å²) in [5.74, 6) is -0.518. The van der Waals surface area contributed by atoms with Gasteiger partial charge in [0.1, 0.15) is 5.82 Å². The molecule has 0 saturated carbocycles. The smallest absolute Gasteiger partial charge is 0.238 e. The molecular weight excluding hydrogens is 291 g/mol. The summed E-state index contributed by atoms with van der Waals surface area (Å²) in [5, 5.41) is 6.17. The van der Waals surface area contributed by atoms with Crippen LogP contribution in [-0.2, 0) is 4.79 Å². The number of anilines is 1. The largest absolute Gasteiger partial charge is 0.324 e. The maximum Gasteiger partial charge on any atom is 0.238 e. The van der Waals surface area contributed by atoms with Gasteiger partial charge in [0.25, 0.3) is 0 Å². The summed E-state index contributed by atoms with van der Waals surface area (Å²) in [5.41, 5.74) is 1.09. The number of hydrogen-bond donors (Lipinski definition) is 2. The number of amides is 1. The second kappa shape index (κ2) is 7.20. The van der Waals surface area contributed by atoms with Gasteiger partial charge in [-0.1, -0.05) is 41.9 Å². The van der Waals surface area contributed by atoms with Crippen LogP contribution in [0.1, 0.15) is 18.5 Å². The third-order valence-corrected chi connectivity index (χ3v) is 3.42. The van der Waals surface area contributed by atoms with Crippen LogP contribution in [0.5, 0.6) is 0 Å². The molecule has 110 valence electrons. The van der Waals surface area contributed by atoms with Crippen molar-refractivity contribution in [3.8, 4) is 0 Å². The molecule has 0 radical (unpaired) electrons. The fraction of sp³-hybridized carbons (Fsp3) is 0.188. The molecule has 1 amide bonds. The zero-order valence-corrected chi connectivity index (χ0v) is 12.3. The van der Waals surface area contributed by atoms with Crippen LogP contribution in [0.4, 0.5) is 10.1 Å². The van der Waals surface area contributed by atoms with Crippen molar-refractivity contribution in [1.29, 1.82) is 0 Å². The second-order valence-electron chi connectivity index (χ2n) is 4.65. The van der Waals surface area contributed by atoms with Gasteiger partial charge in [-0.15, -0.1) is 0 Å². The molecule has 5 heteroatoms. The summed E-state index contributed by atoms with van der Waals surface area (Å²) in [6.45, 7) is 1.88. The average molecular weight is 307 g/mol. The summed E-state index contributed by atoms with van der Waals surface area (Å²) in [4.78, 5) is 11.9. The van der Waals surface area contributed by atoms with Crippen molar-refractivity contribution in [3.05, 3.63) is 64.9 Å². The first kappa shape index (κ1) is 15.5. The van der Waals surface area contributed by atoms with Crippen LogP contribution >= 0.6 is 11.6 Å². The highest BCUT2D eigenvalue weighted by Crippen LogP contribution is 2.20. The fourth-order valence-corrected chi connectivity index (χ4v) is 2.12. The van der Waals surface area contributed by atoms with E-state index in [0.29, 0.717) is 16.3 Å². The Morgan fingerprint density at radius 3 is 2.57 bits per heavy atom. The molecule has 0 fully saturated rings. The van der Waals surface area contributed by atoms with Crippen LogP contribution in [0.25, 0.3) is 0 Å². The van der Waals surface area contributed by atoms with Crippen LogP contribution in [0.15, 0.2) is 48.5 Å². The molecule has 2 rings (SSSR count). The van der Waals surface area contributed by atoms with E-state index in [-0.39, 0.29) is 24.3 Å². The SMILES string of the molecule is CC(NCC(=O)Nc1ccccc1Cl)c1ccccc1F. The molecule has 0 aliphatic heterocycles. The van der Waals surface area contributed by atoms with E-state index in [4.69, 9.17) is 11.6 Å². The molecule has 2 N–H and O–H groups in total. The molecule has 1 unspecified atom stereocenters. The van der Waals surface area contributed by atoms with Crippen molar-refractivity contribution in [1.82, 2.24) is 5.32 Å². The lowest BCUT2D eigenvalue weighted by Crippen LogP contribution is -2.30. The summed E-state index contributed by atoms with van der Waals surface area (Å²) >= 11 is 5.96. The molecule has 1 atom stereocenters. The number of carbonyl (C=O) groups is 1. The van der Waals surface area contributed by atoms with Crippen LogP contribution < -0.4 is 10.6 Å². The number of para-hydroxylation sites is 1. The Morgan fingerprint density at radius 1 is 1.19 bits per heavy atom. The average Bonchev–Trinajstić information content (AvgIpc) is 2.48. The maximum absolute atomic E-state index is 13.6. The second-order valence-corrected chi connectivity index (χ2v) is 5.06. The third kappa shape index (κ3) is 4.28. The van der Waals surface area contributed by atoms with Crippen molar-refractivity contribution in [2.45, 2.75) is 13.0 Å². The predicted octanol–water partition coefficient (Wildman–Crippen LogP) is 3.77. The number of rotatable bonds is 5. The molecule has 21 heavy (non-hydrogen) atoms. The molecule has 0 aliphatic rings. The Morgan fingerprint density at radius 2 is 1.86 bits per heavy atom. The van der Waals surface area contributed by atoms with Crippen molar-refractivity contribution in [2.75, 3.05) is 11.9 Å². The monoisotopic (exact) mass is 306 g/mol. The van der Waals surface area contributed by atoms with E-state index < -0.39 is 0 Å². The van der Waals surface area contributed by atoms with Gasteiger partial charge >= 0.3 is 0 Å². The van der Waals surface area contributed by atoms with Gasteiger partial charge in [0.05, 0.1) is 17.3 Å². The van der Waals surface area contributed by atoms with E-state index in [1.54, 1.807) is 49.4 Å². The van der Waals surface area contributed by atoms with Gasteiger partial charge in [-0.3, -0.25) is 4.79 Å². The molecule has 0 aliphatic carbocycles. The molecule has 0 spiro atoms. The van der Waals surface area contributed by atoms with Gasteiger partial charge in [-0.05, 0) is 25.1 Å². The summed E-state index contributed by atoms with van der Waals surface area (Å²) in [7, 11) is 0. The molecule has 0 heterocycles. The molecule has 2 aromatic carbocycles. The standard InChI is InChI=1S/C16H16ClFN2O/c1-11(12-6-2-4-8-14(12)18)19-10-16(21)20-15-9-5-3-7-13(15)17/h2-9,11,19H,10H2,1H3,(H,20,21). The highest BCUT2D eigenvalue weighted by atomic mass is 35.5. The Bertz CT molecular complexity index is 633. The lowest BCUT2D eigenvalue weighted by Gasteiger charge is -2.15. The van der Waals surface area contributed by atoms with Gasteiger partial charge in [-0.25, -0.2) is 4.39 Å². The number of benzene rings is 2. The zero-order valence-electron chi connectivity index (χ0n) is 11.6. The van der Waals surface area contributed by atoms with Gasteiger partial charge in [0.15, 0.2) is 0 Å². The van der Waals surface area contributed by atoms with Crippen molar-refractivity contribution < 1.29 is 9.18 Å². The molecule has 0 aromatic heterocycles. The number of hydrogen-bond acceptors (Lipinski definition) is 2. The van der Waals surface area contributed by atoms with E-state index in [0.717, 1.165) is 0 Å². The van der Waals surface area contributed by atoms with E-state index >= 15 is 0 Å². The number of halogens is 2. The minimum absolute atomic E-state index is 0.0702. The predicted molar refractivity (Wildman–Crippen MR) is 82.9 cm³/mol. The highest BCUT2D eigenvalue weighted by molar-refractivity contribution is 6.33. The summed E-state index contributed by atoms with van der Waals surface area (Å²) in [6.07, 6.45) is 0. The van der Waals surface area contributed by atoms with Crippen LogP contribution in [0.3, 0.4) is 0 Å². The van der Waals surface area contributed by atoms with Crippen molar-refractivity contribution in [3.63, 3.8) is 0 Å². The minimum Gasteiger partial charge on any atom is -0.324 e. The third-order valence-electron chi connectivity index (χ3n) is 3.09. The van der Waals surface area contributed by atoms with Gasteiger partial charge in [0.2, 0.25) is 5.91 Å². The summed E-state index contributed by atoms with van der Waals surface area (Å²) < 4.78 is 13.6. The van der Waals surface area contributed by atoms with Crippen LogP contribution in [-0.4, -0.2) is 12.5 Å². The topological polar surface area (TPSA) is 41.1 Å². The molecule has 2 aromatic rings. The van der Waals surface area contributed by atoms with Gasteiger partial charge < -0.3 is 10.6 Å². The zero-order chi connectivity index (χ0) is 15.2. The summed E-state index contributed by atoms with van der Waals surface area (Å²) in [6, 6.07) is 13.2. The van der Waals surface area contributed by atoms with Gasteiger partial charge in [-0.2, -0.15) is 0 Å². The van der Waals surface area contributed by atoms with Crippen LogP contribution in [0.2, 0.25) is 5.02 Å². The normalized spacial score (nSPS) is 12.0. The van der Waals surface area contributed by atoms with E-state index in [1.807, 2.05) is 0 Å².